The van der Waals surface area contributed by atoms with Crippen molar-refractivity contribution in [2.45, 2.75) is 19.3 Å². The van der Waals surface area contributed by atoms with Crippen molar-refractivity contribution in [3.05, 3.63) is 35.6 Å². The minimum absolute atomic E-state index is 0.174. The van der Waals surface area contributed by atoms with Crippen LogP contribution in [0.15, 0.2) is 29.3 Å². The fourth-order valence-electron chi connectivity index (χ4n) is 2.37. The third-order valence-corrected chi connectivity index (χ3v) is 3.72. The lowest BCUT2D eigenvalue weighted by atomic mass is 10.1. The van der Waals surface area contributed by atoms with Crippen LogP contribution in [-0.2, 0) is 11.2 Å². The molecule has 0 aliphatic heterocycles. The van der Waals surface area contributed by atoms with Gasteiger partial charge in [0.1, 0.15) is 5.82 Å². The van der Waals surface area contributed by atoms with Gasteiger partial charge in [-0.05, 0) is 44.0 Å². The van der Waals surface area contributed by atoms with E-state index in [0.717, 1.165) is 63.6 Å². The minimum atomic E-state index is -0.174. The normalized spacial score (nSPS) is 11.8. The van der Waals surface area contributed by atoms with E-state index in [9.17, 15) is 4.39 Å². The second kappa shape index (κ2) is 12.7. The van der Waals surface area contributed by atoms with Crippen LogP contribution in [0.2, 0.25) is 0 Å². The zero-order valence-corrected chi connectivity index (χ0v) is 15.1. The van der Waals surface area contributed by atoms with E-state index < -0.39 is 0 Å². The molecule has 1 aromatic rings. The number of halogens is 1. The Bertz CT molecular complexity index is 482. The third-order valence-electron chi connectivity index (χ3n) is 3.72. The lowest BCUT2D eigenvalue weighted by molar-refractivity contribution is 0.180. The molecule has 0 unspecified atom stereocenters. The van der Waals surface area contributed by atoms with Crippen molar-refractivity contribution in [3.8, 4) is 0 Å². The summed E-state index contributed by atoms with van der Waals surface area (Å²) in [6.45, 7) is 4.42. The second-order valence-corrected chi connectivity index (χ2v) is 5.81. The molecule has 0 aromatic heterocycles. The van der Waals surface area contributed by atoms with Gasteiger partial charge in [0.25, 0.3) is 0 Å². The lowest BCUT2D eigenvalue weighted by Gasteiger charge is -2.18. The smallest absolute Gasteiger partial charge is 0.191 e. The average molecular weight is 338 g/mol. The second-order valence-electron chi connectivity index (χ2n) is 5.81. The van der Waals surface area contributed by atoms with Crippen LogP contribution in [-0.4, -0.2) is 64.9 Å². The molecule has 0 radical (unpaired) electrons. The number of nitrogens with one attached hydrogen (secondary N) is 2. The van der Waals surface area contributed by atoms with Gasteiger partial charge in [0, 0.05) is 46.9 Å². The number of guanidine groups is 1. The van der Waals surface area contributed by atoms with Crippen molar-refractivity contribution in [2.75, 3.05) is 54.0 Å². The summed E-state index contributed by atoms with van der Waals surface area (Å²) in [5.41, 5.74) is 1.03. The van der Waals surface area contributed by atoms with Crippen LogP contribution >= 0.6 is 0 Å². The summed E-state index contributed by atoms with van der Waals surface area (Å²) in [6, 6.07) is 6.77. The Labute approximate surface area is 145 Å². The van der Waals surface area contributed by atoms with Crippen LogP contribution in [0.4, 0.5) is 4.39 Å². The Morgan fingerprint density at radius 3 is 2.71 bits per heavy atom. The Morgan fingerprint density at radius 1 is 1.21 bits per heavy atom. The molecule has 1 aromatic carbocycles. The number of methoxy groups -OCH3 is 1. The molecule has 0 fully saturated rings. The van der Waals surface area contributed by atoms with Crippen LogP contribution < -0.4 is 10.6 Å². The van der Waals surface area contributed by atoms with Crippen molar-refractivity contribution in [1.29, 1.82) is 0 Å². The number of aryl methyl sites for hydroxylation is 1. The molecule has 136 valence electrons. The molecule has 2 N–H and O–H groups in total. The molecule has 0 saturated carbocycles. The summed E-state index contributed by atoms with van der Waals surface area (Å²) in [5, 5.41) is 6.59. The number of rotatable bonds is 11. The average Bonchev–Trinajstić information content (AvgIpc) is 2.57. The summed E-state index contributed by atoms with van der Waals surface area (Å²) in [4.78, 5) is 6.48. The van der Waals surface area contributed by atoms with Crippen molar-refractivity contribution in [1.82, 2.24) is 15.5 Å². The largest absolute Gasteiger partial charge is 0.385 e. The highest BCUT2D eigenvalue weighted by atomic mass is 19.1. The number of hydrogen-bond donors (Lipinski definition) is 2. The molecule has 0 saturated heterocycles. The Morgan fingerprint density at radius 2 is 2.00 bits per heavy atom. The van der Waals surface area contributed by atoms with E-state index in [-0.39, 0.29) is 5.82 Å². The molecule has 0 aliphatic rings. The van der Waals surface area contributed by atoms with Gasteiger partial charge < -0.3 is 20.3 Å². The fraction of sp³-hybridized carbons (Fsp3) is 0.611. The van der Waals surface area contributed by atoms with Crippen LogP contribution in [0.25, 0.3) is 0 Å². The van der Waals surface area contributed by atoms with E-state index in [1.54, 1.807) is 26.3 Å². The molecular formula is C18H31FN4O. The molecule has 0 aliphatic carbocycles. The summed E-state index contributed by atoms with van der Waals surface area (Å²) in [5.74, 6) is 0.632. The highest BCUT2D eigenvalue weighted by Crippen LogP contribution is 2.05. The molecular weight excluding hydrogens is 307 g/mol. The molecule has 24 heavy (non-hydrogen) atoms. The Kier molecular flexibility index (Phi) is 10.8. The van der Waals surface area contributed by atoms with Crippen molar-refractivity contribution >= 4 is 5.96 Å². The van der Waals surface area contributed by atoms with Gasteiger partial charge in [-0.25, -0.2) is 4.39 Å². The van der Waals surface area contributed by atoms with Crippen LogP contribution in [0.1, 0.15) is 18.4 Å². The van der Waals surface area contributed by atoms with Gasteiger partial charge in [-0.2, -0.15) is 0 Å². The van der Waals surface area contributed by atoms with Gasteiger partial charge in [0.05, 0.1) is 0 Å². The van der Waals surface area contributed by atoms with Crippen LogP contribution in [0.3, 0.4) is 0 Å². The summed E-state index contributed by atoms with van der Waals surface area (Å²) in [6.07, 6.45) is 2.82. The molecule has 0 bridgehead atoms. The van der Waals surface area contributed by atoms with Gasteiger partial charge >= 0.3 is 0 Å². The zero-order chi connectivity index (χ0) is 17.6. The van der Waals surface area contributed by atoms with Gasteiger partial charge in [-0.1, -0.05) is 12.1 Å². The van der Waals surface area contributed by atoms with Crippen LogP contribution in [0, 0.1) is 5.82 Å². The lowest BCUT2D eigenvalue weighted by Crippen LogP contribution is -2.41. The number of hydrogen-bond acceptors (Lipinski definition) is 3. The Hall–Kier alpha value is -1.66. The molecule has 0 amide bonds. The Balaban J connectivity index is 2.12. The number of aliphatic imine (C=N–C) groups is 1. The zero-order valence-electron chi connectivity index (χ0n) is 15.1. The van der Waals surface area contributed by atoms with Gasteiger partial charge in [0.2, 0.25) is 0 Å². The van der Waals surface area contributed by atoms with E-state index in [2.05, 4.69) is 27.6 Å². The third kappa shape index (κ3) is 9.47. The number of benzene rings is 1. The first-order valence-electron chi connectivity index (χ1n) is 8.52. The molecule has 0 spiro atoms. The first-order valence-corrected chi connectivity index (χ1v) is 8.52. The SMILES string of the molecule is CN=C(NCCCc1cccc(F)c1)NCCN(C)CCCOC. The molecule has 0 heterocycles. The first-order chi connectivity index (χ1) is 11.7. The van der Waals surface area contributed by atoms with E-state index in [1.807, 2.05) is 6.07 Å². The first kappa shape index (κ1) is 20.4. The van der Waals surface area contributed by atoms with Gasteiger partial charge in [-0.3, -0.25) is 4.99 Å². The van der Waals surface area contributed by atoms with Gasteiger partial charge in [-0.15, -0.1) is 0 Å². The topological polar surface area (TPSA) is 48.9 Å². The number of likely N-dealkylation sites (N-methyl/N-ethyl adjacent to an activating group) is 1. The van der Waals surface area contributed by atoms with Crippen LogP contribution in [0.5, 0.6) is 0 Å². The molecule has 5 nitrogen and oxygen atoms in total. The molecule has 0 atom stereocenters. The van der Waals surface area contributed by atoms with E-state index >= 15 is 0 Å². The van der Waals surface area contributed by atoms with E-state index in [4.69, 9.17) is 4.74 Å². The van der Waals surface area contributed by atoms with Crippen molar-refractivity contribution in [2.24, 2.45) is 4.99 Å². The maximum Gasteiger partial charge on any atom is 0.191 e. The highest BCUT2D eigenvalue weighted by Gasteiger charge is 2.01. The van der Waals surface area contributed by atoms with E-state index in [0.29, 0.717) is 0 Å². The summed E-state index contributed by atoms with van der Waals surface area (Å²) in [7, 11) is 5.60. The predicted molar refractivity (Wildman–Crippen MR) is 98.1 cm³/mol. The van der Waals surface area contributed by atoms with Gasteiger partial charge in [0.15, 0.2) is 5.96 Å². The summed E-state index contributed by atoms with van der Waals surface area (Å²) < 4.78 is 18.2. The standard InChI is InChI=1S/C18H31FN4O/c1-20-18(22-11-13-23(2)12-6-14-24-3)21-10-5-8-16-7-4-9-17(19)15-16/h4,7,9,15H,5-6,8,10-14H2,1-3H3,(H2,20,21,22). The fourth-order valence-corrected chi connectivity index (χ4v) is 2.37. The molecule has 6 heteroatoms. The quantitative estimate of drug-likeness (QED) is 0.368. The van der Waals surface area contributed by atoms with Crippen molar-refractivity contribution < 1.29 is 9.13 Å². The minimum Gasteiger partial charge on any atom is -0.385 e. The summed E-state index contributed by atoms with van der Waals surface area (Å²) >= 11 is 0. The maximum atomic E-state index is 13.1. The molecule has 1 rings (SSSR count). The highest BCUT2D eigenvalue weighted by molar-refractivity contribution is 5.79. The maximum absolute atomic E-state index is 13.1. The number of nitrogens with zero attached hydrogens (tertiary/aromatic N) is 2. The van der Waals surface area contributed by atoms with Crippen molar-refractivity contribution in [3.63, 3.8) is 0 Å². The predicted octanol–water partition coefficient (Wildman–Crippen LogP) is 1.89. The monoisotopic (exact) mass is 338 g/mol. The van der Waals surface area contributed by atoms with E-state index in [1.165, 1.54) is 6.07 Å². The number of ether oxygens (including phenoxy) is 1.